The Morgan fingerprint density at radius 1 is 0.967 bits per heavy atom. The Kier molecular flexibility index (Phi) is 6.42. The van der Waals surface area contributed by atoms with Gasteiger partial charge in [-0.3, -0.25) is 9.52 Å². The van der Waals surface area contributed by atoms with Crippen molar-refractivity contribution in [3.05, 3.63) is 89.0 Å². The minimum atomic E-state index is -3.84. The molecule has 0 aliphatic heterocycles. The molecule has 0 saturated carbocycles. The van der Waals surface area contributed by atoms with Crippen LogP contribution in [0, 0.1) is 13.8 Å². The molecular formula is C23H24N2O4S. The molecule has 0 aliphatic carbocycles. The Balaban J connectivity index is 1.79. The summed E-state index contributed by atoms with van der Waals surface area (Å²) in [5, 5.41) is 2.81. The minimum Gasteiger partial charge on any atom is -0.497 e. The van der Waals surface area contributed by atoms with Crippen LogP contribution in [0.5, 0.6) is 5.75 Å². The van der Waals surface area contributed by atoms with Gasteiger partial charge in [0.25, 0.3) is 15.9 Å². The second-order valence-electron chi connectivity index (χ2n) is 6.99. The van der Waals surface area contributed by atoms with Gasteiger partial charge in [-0.05, 0) is 66.9 Å². The van der Waals surface area contributed by atoms with Crippen molar-refractivity contribution in [2.24, 2.45) is 0 Å². The van der Waals surface area contributed by atoms with Gasteiger partial charge in [-0.1, -0.05) is 30.3 Å². The highest BCUT2D eigenvalue weighted by molar-refractivity contribution is 7.92. The van der Waals surface area contributed by atoms with Crippen LogP contribution in [-0.4, -0.2) is 21.4 Å². The van der Waals surface area contributed by atoms with Crippen LogP contribution in [-0.2, 0) is 16.6 Å². The predicted molar refractivity (Wildman–Crippen MR) is 117 cm³/mol. The first-order valence-electron chi connectivity index (χ1n) is 9.40. The molecule has 0 fully saturated rings. The topological polar surface area (TPSA) is 84.5 Å². The molecule has 3 aromatic carbocycles. The number of sulfonamides is 1. The van der Waals surface area contributed by atoms with Crippen molar-refractivity contribution in [3.8, 4) is 5.75 Å². The number of amides is 1. The Bertz CT molecular complexity index is 1170. The smallest absolute Gasteiger partial charge is 0.262 e. The zero-order valence-electron chi connectivity index (χ0n) is 17.1. The van der Waals surface area contributed by atoms with Crippen molar-refractivity contribution in [2.75, 3.05) is 11.8 Å². The Hall–Kier alpha value is -3.32. The third-order valence-electron chi connectivity index (χ3n) is 4.60. The molecule has 2 N–H and O–H groups in total. The highest BCUT2D eigenvalue weighted by atomic mass is 32.2. The summed E-state index contributed by atoms with van der Waals surface area (Å²) in [4.78, 5) is 12.7. The lowest BCUT2D eigenvalue weighted by Gasteiger charge is -2.13. The van der Waals surface area contributed by atoms with E-state index in [2.05, 4.69) is 10.0 Å². The van der Waals surface area contributed by atoms with Gasteiger partial charge in [-0.2, -0.15) is 0 Å². The molecule has 7 heteroatoms. The molecule has 30 heavy (non-hydrogen) atoms. The van der Waals surface area contributed by atoms with Crippen molar-refractivity contribution in [3.63, 3.8) is 0 Å². The molecule has 156 valence electrons. The molecule has 0 spiro atoms. The molecule has 0 aliphatic rings. The largest absolute Gasteiger partial charge is 0.497 e. The van der Waals surface area contributed by atoms with Gasteiger partial charge in [-0.15, -0.1) is 0 Å². The lowest BCUT2D eigenvalue weighted by Crippen LogP contribution is -2.23. The average Bonchev–Trinajstić information content (AvgIpc) is 2.72. The van der Waals surface area contributed by atoms with Gasteiger partial charge in [0.15, 0.2) is 0 Å². The Morgan fingerprint density at radius 3 is 2.47 bits per heavy atom. The third kappa shape index (κ3) is 5.18. The van der Waals surface area contributed by atoms with Crippen LogP contribution >= 0.6 is 0 Å². The van der Waals surface area contributed by atoms with Gasteiger partial charge >= 0.3 is 0 Å². The fourth-order valence-corrected chi connectivity index (χ4v) is 4.34. The van der Waals surface area contributed by atoms with Gasteiger partial charge in [0, 0.05) is 17.8 Å². The summed E-state index contributed by atoms with van der Waals surface area (Å²) < 4.78 is 33.6. The van der Waals surface area contributed by atoms with Crippen LogP contribution in [0.2, 0.25) is 0 Å². The van der Waals surface area contributed by atoms with E-state index in [1.54, 1.807) is 44.4 Å². The molecule has 3 aromatic rings. The van der Waals surface area contributed by atoms with Crippen LogP contribution in [0.15, 0.2) is 71.6 Å². The number of nitrogens with one attached hydrogen (secondary N) is 2. The summed E-state index contributed by atoms with van der Waals surface area (Å²) in [5.74, 6) is 0.345. The molecule has 1 amide bonds. The molecule has 6 nitrogen and oxygen atoms in total. The molecule has 0 aromatic heterocycles. The Labute approximate surface area is 177 Å². The van der Waals surface area contributed by atoms with Crippen LogP contribution in [0.25, 0.3) is 0 Å². The number of hydrogen-bond acceptors (Lipinski definition) is 4. The van der Waals surface area contributed by atoms with Crippen molar-refractivity contribution in [1.82, 2.24) is 5.32 Å². The summed E-state index contributed by atoms with van der Waals surface area (Å²) in [5.41, 5.74) is 3.12. The molecule has 0 unspecified atom stereocenters. The third-order valence-corrected chi connectivity index (χ3v) is 6.12. The molecule has 0 atom stereocenters. The quantitative estimate of drug-likeness (QED) is 0.599. The molecule has 0 bridgehead atoms. The molecular weight excluding hydrogens is 400 g/mol. The van der Waals surface area contributed by atoms with Crippen molar-refractivity contribution in [1.29, 1.82) is 0 Å². The monoisotopic (exact) mass is 424 g/mol. The van der Waals surface area contributed by atoms with Gasteiger partial charge in [0.1, 0.15) is 5.75 Å². The maximum Gasteiger partial charge on any atom is 0.262 e. The normalized spacial score (nSPS) is 11.0. The van der Waals surface area contributed by atoms with E-state index in [4.69, 9.17) is 4.74 Å². The van der Waals surface area contributed by atoms with Crippen LogP contribution in [0.1, 0.15) is 27.0 Å². The van der Waals surface area contributed by atoms with Crippen LogP contribution in [0.3, 0.4) is 0 Å². The van der Waals surface area contributed by atoms with E-state index in [0.29, 0.717) is 23.5 Å². The number of rotatable bonds is 7. The summed E-state index contributed by atoms with van der Waals surface area (Å²) in [6.45, 7) is 3.88. The first-order valence-corrected chi connectivity index (χ1v) is 10.9. The molecule has 3 rings (SSSR count). The van der Waals surface area contributed by atoms with Gasteiger partial charge < -0.3 is 10.1 Å². The maximum atomic E-state index is 12.9. The SMILES string of the molecule is COc1cccc(CNC(=O)c2ccc(C)c(S(=O)(=O)Nc3cccc(C)c3)c2)c1. The van der Waals surface area contributed by atoms with E-state index < -0.39 is 10.0 Å². The maximum absolute atomic E-state index is 12.9. The average molecular weight is 425 g/mol. The van der Waals surface area contributed by atoms with Crippen molar-refractivity contribution < 1.29 is 17.9 Å². The first kappa shape index (κ1) is 21.4. The zero-order chi connectivity index (χ0) is 21.7. The van der Waals surface area contributed by atoms with E-state index in [1.165, 1.54) is 6.07 Å². The fraction of sp³-hybridized carbons (Fsp3) is 0.174. The van der Waals surface area contributed by atoms with E-state index in [9.17, 15) is 13.2 Å². The number of benzene rings is 3. The standard InChI is InChI=1S/C23H24N2O4S/c1-16-6-4-8-20(12-16)25-30(27,28)22-14-19(11-10-17(22)2)23(26)24-15-18-7-5-9-21(13-18)29-3/h4-14,25H,15H2,1-3H3,(H,24,26). The molecule has 0 radical (unpaired) electrons. The van der Waals surface area contributed by atoms with E-state index >= 15 is 0 Å². The lowest BCUT2D eigenvalue weighted by molar-refractivity contribution is 0.0950. The fourth-order valence-electron chi connectivity index (χ4n) is 3.02. The van der Waals surface area contributed by atoms with Crippen molar-refractivity contribution in [2.45, 2.75) is 25.3 Å². The summed E-state index contributed by atoms with van der Waals surface area (Å²) in [7, 11) is -2.26. The number of anilines is 1. The number of carbonyl (C=O) groups excluding carboxylic acids is 1. The van der Waals surface area contributed by atoms with E-state index in [0.717, 1.165) is 11.1 Å². The van der Waals surface area contributed by atoms with Crippen LogP contribution < -0.4 is 14.8 Å². The Morgan fingerprint density at radius 2 is 1.73 bits per heavy atom. The van der Waals surface area contributed by atoms with E-state index in [-0.39, 0.29) is 16.4 Å². The van der Waals surface area contributed by atoms with Gasteiger partial charge in [0.05, 0.1) is 12.0 Å². The first-order chi connectivity index (χ1) is 14.3. The number of carbonyl (C=O) groups is 1. The number of hydrogen-bond donors (Lipinski definition) is 2. The summed E-state index contributed by atoms with van der Waals surface area (Å²) in [6, 6.07) is 19.1. The lowest BCUT2D eigenvalue weighted by atomic mass is 10.1. The number of ether oxygens (including phenoxy) is 1. The van der Waals surface area contributed by atoms with Crippen molar-refractivity contribution >= 4 is 21.6 Å². The number of methoxy groups -OCH3 is 1. The predicted octanol–water partition coefficient (Wildman–Crippen LogP) is 4.04. The van der Waals surface area contributed by atoms with Gasteiger partial charge in [-0.25, -0.2) is 8.42 Å². The van der Waals surface area contributed by atoms with E-state index in [1.807, 2.05) is 37.3 Å². The summed E-state index contributed by atoms with van der Waals surface area (Å²) in [6.07, 6.45) is 0. The highest BCUT2D eigenvalue weighted by Gasteiger charge is 2.19. The highest BCUT2D eigenvalue weighted by Crippen LogP contribution is 2.21. The second-order valence-corrected chi connectivity index (χ2v) is 8.64. The summed E-state index contributed by atoms with van der Waals surface area (Å²) >= 11 is 0. The molecule has 0 heterocycles. The zero-order valence-corrected chi connectivity index (χ0v) is 17.9. The molecule has 0 saturated heterocycles. The second kappa shape index (κ2) is 9.00. The number of aryl methyl sites for hydroxylation is 2. The van der Waals surface area contributed by atoms with Gasteiger partial charge in [0.2, 0.25) is 0 Å². The minimum absolute atomic E-state index is 0.0676. The van der Waals surface area contributed by atoms with Crippen LogP contribution in [0.4, 0.5) is 5.69 Å².